The first-order valence-corrected chi connectivity index (χ1v) is 7.41. The molecule has 1 heterocycles. The smallest absolute Gasteiger partial charge is 0.123 e. The summed E-state index contributed by atoms with van der Waals surface area (Å²) in [6.07, 6.45) is 2.62. The van der Waals surface area contributed by atoms with Crippen molar-refractivity contribution in [1.82, 2.24) is 9.80 Å². The van der Waals surface area contributed by atoms with Gasteiger partial charge in [0.05, 0.1) is 0 Å². The number of rotatable bonds is 4. The average molecular weight is 262 g/mol. The third kappa shape index (κ3) is 3.34. The summed E-state index contributed by atoms with van der Waals surface area (Å²) >= 11 is 0. The molecule has 2 nitrogen and oxygen atoms in total. The van der Waals surface area contributed by atoms with Gasteiger partial charge in [-0.25, -0.2) is 4.39 Å². The van der Waals surface area contributed by atoms with E-state index in [-0.39, 0.29) is 0 Å². The Morgan fingerprint density at radius 2 is 1.58 bits per heavy atom. The molecule has 3 rings (SSSR count). The predicted molar refractivity (Wildman–Crippen MR) is 75.8 cm³/mol. The maximum absolute atomic E-state index is 14.1. The SMILES string of the molecule is FC1(CN2CCN(Cc3ccccc3)CC2)CCC1. The van der Waals surface area contributed by atoms with E-state index in [2.05, 4.69) is 40.1 Å². The molecule has 1 aromatic rings. The number of piperazine rings is 1. The van der Waals surface area contributed by atoms with Crippen LogP contribution in [-0.2, 0) is 6.54 Å². The summed E-state index contributed by atoms with van der Waals surface area (Å²) in [6.45, 7) is 5.83. The van der Waals surface area contributed by atoms with E-state index in [1.54, 1.807) is 0 Å². The van der Waals surface area contributed by atoms with Crippen LogP contribution in [0.15, 0.2) is 30.3 Å². The van der Waals surface area contributed by atoms with Gasteiger partial charge in [0.1, 0.15) is 5.67 Å². The van der Waals surface area contributed by atoms with Crippen molar-refractivity contribution in [2.75, 3.05) is 32.7 Å². The highest BCUT2D eigenvalue weighted by Gasteiger charge is 2.38. The standard InChI is InChI=1S/C16H23FN2/c17-16(7-4-8-16)14-19-11-9-18(10-12-19)13-15-5-2-1-3-6-15/h1-3,5-6H,4,7-14H2. The summed E-state index contributed by atoms with van der Waals surface area (Å²) in [7, 11) is 0. The summed E-state index contributed by atoms with van der Waals surface area (Å²) < 4.78 is 14.1. The van der Waals surface area contributed by atoms with Crippen LogP contribution in [0.25, 0.3) is 0 Å². The van der Waals surface area contributed by atoms with Gasteiger partial charge in [-0.05, 0) is 24.8 Å². The monoisotopic (exact) mass is 262 g/mol. The third-order valence-corrected chi connectivity index (χ3v) is 4.47. The Balaban J connectivity index is 1.44. The first-order valence-electron chi connectivity index (χ1n) is 7.41. The largest absolute Gasteiger partial charge is 0.298 e. The normalized spacial score (nSPS) is 24.1. The van der Waals surface area contributed by atoms with Gasteiger partial charge in [0.25, 0.3) is 0 Å². The van der Waals surface area contributed by atoms with Gasteiger partial charge in [0.2, 0.25) is 0 Å². The molecule has 104 valence electrons. The van der Waals surface area contributed by atoms with E-state index < -0.39 is 5.67 Å². The van der Waals surface area contributed by atoms with Gasteiger partial charge < -0.3 is 0 Å². The summed E-state index contributed by atoms with van der Waals surface area (Å²) in [5.74, 6) is 0. The Hall–Kier alpha value is -0.930. The quantitative estimate of drug-likeness (QED) is 0.823. The molecule has 0 unspecified atom stereocenters. The summed E-state index contributed by atoms with van der Waals surface area (Å²) in [5.41, 5.74) is 0.513. The lowest BCUT2D eigenvalue weighted by atomic mass is 9.81. The fraction of sp³-hybridized carbons (Fsp3) is 0.625. The zero-order chi connectivity index (χ0) is 13.1. The maximum atomic E-state index is 14.1. The number of nitrogens with zero attached hydrogens (tertiary/aromatic N) is 2. The van der Waals surface area contributed by atoms with Crippen molar-refractivity contribution in [3.8, 4) is 0 Å². The fourth-order valence-electron chi connectivity index (χ4n) is 3.07. The Labute approximate surface area is 115 Å². The molecule has 19 heavy (non-hydrogen) atoms. The number of hydrogen-bond donors (Lipinski definition) is 0. The molecule has 0 aromatic heterocycles. The highest BCUT2D eigenvalue weighted by molar-refractivity contribution is 5.14. The lowest BCUT2D eigenvalue weighted by Crippen LogP contribution is -2.52. The van der Waals surface area contributed by atoms with Crippen molar-refractivity contribution < 1.29 is 4.39 Å². The van der Waals surface area contributed by atoms with Crippen LogP contribution in [0.2, 0.25) is 0 Å². The Morgan fingerprint density at radius 3 is 2.16 bits per heavy atom. The van der Waals surface area contributed by atoms with Crippen LogP contribution in [0, 0.1) is 0 Å². The molecule has 0 spiro atoms. The summed E-state index contributed by atoms with van der Waals surface area (Å²) in [5, 5.41) is 0. The molecule has 0 amide bonds. The van der Waals surface area contributed by atoms with Gasteiger partial charge >= 0.3 is 0 Å². The summed E-state index contributed by atoms with van der Waals surface area (Å²) in [6, 6.07) is 10.6. The number of benzene rings is 1. The van der Waals surface area contributed by atoms with Crippen molar-refractivity contribution >= 4 is 0 Å². The molecule has 2 fully saturated rings. The van der Waals surface area contributed by atoms with Crippen LogP contribution in [0.5, 0.6) is 0 Å². The fourth-order valence-corrected chi connectivity index (χ4v) is 3.07. The molecule has 1 aromatic carbocycles. The minimum Gasteiger partial charge on any atom is -0.298 e. The molecule has 0 atom stereocenters. The van der Waals surface area contributed by atoms with Gasteiger partial charge in [0.15, 0.2) is 0 Å². The lowest BCUT2D eigenvalue weighted by Gasteiger charge is -2.41. The van der Waals surface area contributed by atoms with Gasteiger partial charge in [-0.2, -0.15) is 0 Å². The van der Waals surface area contributed by atoms with Crippen molar-refractivity contribution in [3.63, 3.8) is 0 Å². The first kappa shape index (κ1) is 13.1. The molecule has 0 radical (unpaired) electrons. The van der Waals surface area contributed by atoms with E-state index in [4.69, 9.17) is 0 Å². The molecule has 1 saturated heterocycles. The van der Waals surface area contributed by atoms with Crippen LogP contribution in [0.3, 0.4) is 0 Å². The maximum Gasteiger partial charge on any atom is 0.123 e. The molecule has 3 heteroatoms. The van der Waals surface area contributed by atoms with Crippen LogP contribution in [0.1, 0.15) is 24.8 Å². The van der Waals surface area contributed by atoms with Crippen LogP contribution < -0.4 is 0 Å². The second kappa shape index (κ2) is 5.59. The number of hydrogen-bond acceptors (Lipinski definition) is 2. The Morgan fingerprint density at radius 1 is 0.947 bits per heavy atom. The van der Waals surface area contributed by atoms with Crippen molar-refractivity contribution in [1.29, 1.82) is 0 Å². The molecule has 1 aliphatic carbocycles. The molecule has 0 N–H and O–H groups in total. The highest BCUT2D eigenvalue weighted by atomic mass is 19.1. The number of alkyl halides is 1. The van der Waals surface area contributed by atoms with Crippen LogP contribution >= 0.6 is 0 Å². The van der Waals surface area contributed by atoms with Crippen LogP contribution in [0.4, 0.5) is 4.39 Å². The zero-order valence-corrected chi connectivity index (χ0v) is 11.5. The molecule has 1 saturated carbocycles. The van der Waals surface area contributed by atoms with Crippen molar-refractivity contribution in [2.45, 2.75) is 31.5 Å². The molecule has 0 bridgehead atoms. The zero-order valence-electron chi connectivity index (χ0n) is 11.5. The van der Waals surface area contributed by atoms with Crippen LogP contribution in [-0.4, -0.2) is 48.2 Å². The second-order valence-corrected chi connectivity index (χ2v) is 6.04. The topological polar surface area (TPSA) is 6.48 Å². The van der Waals surface area contributed by atoms with E-state index in [0.717, 1.165) is 52.0 Å². The van der Waals surface area contributed by atoms with E-state index in [1.165, 1.54) is 5.56 Å². The van der Waals surface area contributed by atoms with E-state index >= 15 is 0 Å². The van der Waals surface area contributed by atoms with Crippen molar-refractivity contribution in [2.24, 2.45) is 0 Å². The second-order valence-electron chi connectivity index (χ2n) is 6.04. The lowest BCUT2D eigenvalue weighted by molar-refractivity contribution is 0.00351. The predicted octanol–water partition coefficient (Wildman–Crippen LogP) is 2.70. The minimum absolute atomic E-state index is 0.659. The Bertz CT molecular complexity index is 394. The molecular weight excluding hydrogens is 239 g/mol. The Kier molecular flexibility index (Phi) is 3.85. The number of halogens is 1. The molecule has 1 aliphatic heterocycles. The third-order valence-electron chi connectivity index (χ3n) is 4.47. The average Bonchev–Trinajstić information content (AvgIpc) is 2.40. The molecular formula is C16H23FN2. The van der Waals surface area contributed by atoms with Gasteiger partial charge in [-0.1, -0.05) is 30.3 Å². The van der Waals surface area contributed by atoms with Gasteiger partial charge in [-0.15, -0.1) is 0 Å². The minimum atomic E-state index is -0.860. The van der Waals surface area contributed by atoms with E-state index in [9.17, 15) is 4.39 Å². The van der Waals surface area contributed by atoms with Crippen molar-refractivity contribution in [3.05, 3.63) is 35.9 Å². The summed E-state index contributed by atoms with van der Waals surface area (Å²) in [4.78, 5) is 4.78. The van der Waals surface area contributed by atoms with E-state index in [0.29, 0.717) is 6.54 Å². The van der Waals surface area contributed by atoms with Gasteiger partial charge in [-0.3, -0.25) is 9.80 Å². The molecule has 2 aliphatic rings. The first-order chi connectivity index (χ1) is 9.23. The highest BCUT2D eigenvalue weighted by Crippen LogP contribution is 2.36. The van der Waals surface area contributed by atoms with Gasteiger partial charge in [0, 0.05) is 39.3 Å². The van der Waals surface area contributed by atoms with E-state index in [1.807, 2.05) is 0 Å².